The van der Waals surface area contributed by atoms with Crippen LogP contribution < -0.4 is 10.6 Å². The standard InChI is InChI=1S/C33H41N3O4S/c1-21-17-26-27(30(38)34-19-23-13-7-3-8-14-23)28-32(40)36(25(20-37)18-22-11-5-2-6-12-22)29(33(21,28)41-26)31(39)35-24-15-9-4-10-16-24/h2-3,5-8,11-14,21,24-29,37H,4,9-10,15-20H2,1H3,(H,34,38)(H,35,39)/t21?,25-,26-,27+,28+,29?,33?/m1/s1. The van der Waals surface area contributed by atoms with Crippen LogP contribution in [0.25, 0.3) is 0 Å². The van der Waals surface area contributed by atoms with Gasteiger partial charge in [0.25, 0.3) is 0 Å². The maximum absolute atomic E-state index is 14.5. The first-order valence-corrected chi connectivity index (χ1v) is 16.1. The first-order chi connectivity index (χ1) is 19.9. The predicted molar refractivity (Wildman–Crippen MR) is 160 cm³/mol. The molecule has 1 saturated carbocycles. The Morgan fingerprint density at radius 2 is 1.66 bits per heavy atom. The lowest BCUT2D eigenvalue weighted by Crippen LogP contribution is -2.60. The highest BCUT2D eigenvalue weighted by Gasteiger charge is 2.76. The normalized spacial score (nSPS) is 31.6. The van der Waals surface area contributed by atoms with Gasteiger partial charge in [-0.05, 0) is 42.7 Å². The molecule has 218 valence electrons. The quantitative estimate of drug-likeness (QED) is 0.424. The third-order valence-corrected chi connectivity index (χ3v) is 12.0. The molecular weight excluding hydrogens is 534 g/mol. The van der Waals surface area contributed by atoms with Gasteiger partial charge in [0.15, 0.2) is 0 Å². The highest BCUT2D eigenvalue weighted by Crippen LogP contribution is 2.68. The van der Waals surface area contributed by atoms with E-state index >= 15 is 0 Å². The highest BCUT2D eigenvalue weighted by molar-refractivity contribution is 8.02. The van der Waals surface area contributed by atoms with Gasteiger partial charge in [0.1, 0.15) is 6.04 Å². The van der Waals surface area contributed by atoms with Crippen LogP contribution in [0.4, 0.5) is 0 Å². The van der Waals surface area contributed by atoms with Crippen molar-refractivity contribution in [3.63, 3.8) is 0 Å². The number of benzene rings is 2. The number of aliphatic hydroxyl groups is 1. The van der Waals surface area contributed by atoms with Gasteiger partial charge in [0.05, 0.1) is 29.2 Å². The van der Waals surface area contributed by atoms with Crippen LogP contribution in [0.1, 0.15) is 56.6 Å². The Morgan fingerprint density at radius 1 is 1.00 bits per heavy atom. The summed E-state index contributed by atoms with van der Waals surface area (Å²) >= 11 is 1.69. The number of aliphatic hydroxyl groups excluding tert-OH is 1. The summed E-state index contributed by atoms with van der Waals surface area (Å²) in [6.07, 6.45) is 6.52. The lowest BCUT2D eigenvalue weighted by molar-refractivity contribution is -0.143. The molecule has 3 amide bonds. The molecule has 1 spiro atoms. The smallest absolute Gasteiger partial charge is 0.244 e. The highest BCUT2D eigenvalue weighted by atomic mass is 32.2. The topological polar surface area (TPSA) is 98.7 Å². The van der Waals surface area contributed by atoms with Crippen LogP contribution in [-0.2, 0) is 27.3 Å². The van der Waals surface area contributed by atoms with Crippen LogP contribution in [0.2, 0.25) is 0 Å². The second-order valence-corrected chi connectivity index (χ2v) is 13.9. The van der Waals surface area contributed by atoms with Crippen molar-refractivity contribution in [2.75, 3.05) is 6.61 Å². The zero-order chi connectivity index (χ0) is 28.6. The summed E-state index contributed by atoms with van der Waals surface area (Å²) in [6, 6.07) is 18.4. The third-order valence-electron chi connectivity index (χ3n) is 9.91. The lowest BCUT2D eigenvalue weighted by Gasteiger charge is -2.41. The molecule has 2 bridgehead atoms. The maximum atomic E-state index is 14.5. The number of amides is 3. The van der Waals surface area contributed by atoms with Crippen molar-refractivity contribution in [1.82, 2.24) is 15.5 Å². The first-order valence-electron chi connectivity index (χ1n) is 15.2. The summed E-state index contributed by atoms with van der Waals surface area (Å²) in [5.74, 6) is -1.40. The van der Waals surface area contributed by atoms with E-state index in [0.717, 1.165) is 43.2 Å². The Labute approximate surface area is 246 Å². The van der Waals surface area contributed by atoms with Crippen molar-refractivity contribution >= 4 is 29.5 Å². The number of hydrogen-bond donors (Lipinski definition) is 3. The van der Waals surface area contributed by atoms with Crippen LogP contribution in [-0.4, -0.2) is 62.5 Å². The van der Waals surface area contributed by atoms with Crippen molar-refractivity contribution in [3.8, 4) is 0 Å². The van der Waals surface area contributed by atoms with Gasteiger partial charge in [-0.15, -0.1) is 11.8 Å². The van der Waals surface area contributed by atoms with Crippen LogP contribution in [0.5, 0.6) is 0 Å². The summed E-state index contributed by atoms with van der Waals surface area (Å²) in [6.45, 7) is 2.30. The number of carbonyl (C=O) groups is 3. The second kappa shape index (κ2) is 11.8. The molecule has 4 aliphatic rings. The SMILES string of the molecule is CC1C[C@H]2SC13C(C(=O)NC1CCCCC1)N([C@@H](CO)Cc1ccccc1)C(=O)[C@@H]3[C@H]2C(=O)NCc1ccccc1. The Kier molecular flexibility index (Phi) is 8.14. The summed E-state index contributed by atoms with van der Waals surface area (Å²) in [4.78, 5) is 44.3. The molecule has 3 unspecified atom stereocenters. The molecule has 3 saturated heterocycles. The Bertz CT molecular complexity index is 1250. The van der Waals surface area contributed by atoms with E-state index in [-0.39, 0.29) is 41.5 Å². The molecule has 2 aromatic carbocycles. The molecule has 41 heavy (non-hydrogen) atoms. The van der Waals surface area contributed by atoms with Gasteiger partial charge in [-0.1, -0.05) is 86.8 Å². The fraction of sp³-hybridized carbons (Fsp3) is 0.545. The average Bonchev–Trinajstić information content (AvgIpc) is 3.60. The molecule has 4 fully saturated rings. The molecule has 7 nitrogen and oxygen atoms in total. The van der Waals surface area contributed by atoms with E-state index in [1.807, 2.05) is 60.7 Å². The van der Waals surface area contributed by atoms with E-state index in [0.29, 0.717) is 13.0 Å². The van der Waals surface area contributed by atoms with E-state index in [2.05, 4.69) is 17.6 Å². The lowest BCUT2D eigenvalue weighted by atomic mass is 9.65. The van der Waals surface area contributed by atoms with Gasteiger partial charge in [0.2, 0.25) is 17.7 Å². The molecule has 0 aromatic heterocycles. The minimum atomic E-state index is -0.722. The van der Waals surface area contributed by atoms with Gasteiger partial charge in [-0.3, -0.25) is 14.4 Å². The van der Waals surface area contributed by atoms with Crippen molar-refractivity contribution in [3.05, 3.63) is 71.8 Å². The summed E-state index contributed by atoms with van der Waals surface area (Å²) in [5.41, 5.74) is 2.01. The van der Waals surface area contributed by atoms with Gasteiger partial charge in [0, 0.05) is 17.8 Å². The molecule has 3 N–H and O–H groups in total. The summed E-state index contributed by atoms with van der Waals surface area (Å²) in [5, 5.41) is 17.1. The van der Waals surface area contributed by atoms with Crippen molar-refractivity contribution in [1.29, 1.82) is 0 Å². The fourth-order valence-electron chi connectivity index (χ4n) is 8.02. The van der Waals surface area contributed by atoms with E-state index in [9.17, 15) is 19.5 Å². The number of nitrogens with zero attached hydrogens (tertiary/aromatic N) is 1. The van der Waals surface area contributed by atoms with Gasteiger partial charge in [-0.25, -0.2) is 0 Å². The number of nitrogens with one attached hydrogen (secondary N) is 2. The second-order valence-electron chi connectivity index (χ2n) is 12.4. The van der Waals surface area contributed by atoms with E-state index in [4.69, 9.17) is 0 Å². The summed E-state index contributed by atoms with van der Waals surface area (Å²) in [7, 11) is 0. The Morgan fingerprint density at radius 3 is 2.32 bits per heavy atom. The number of carbonyl (C=O) groups excluding carboxylic acids is 3. The first kappa shape index (κ1) is 28.3. The average molecular weight is 576 g/mol. The number of fused-ring (bicyclic) bond motifs is 1. The van der Waals surface area contributed by atoms with E-state index < -0.39 is 28.7 Å². The van der Waals surface area contributed by atoms with Gasteiger partial charge < -0.3 is 20.6 Å². The Hall–Kier alpha value is -2.84. The number of likely N-dealkylation sites (tertiary alicyclic amines) is 1. The molecule has 0 radical (unpaired) electrons. The molecule has 3 heterocycles. The van der Waals surface area contributed by atoms with Crippen LogP contribution >= 0.6 is 11.8 Å². The van der Waals surface area contributed by atoms with E-state index in [1.54, 1.807) is 16.7 Å². The minimum absolute atomic E-state index is 0.0106. The van der Waals surface area contributed by atoms with Gasteiger partial charge >= 0.3 is 0 Å². The molecule has 8 heteroatoms. The van der Waals surface area contributed by atoms with Gasteiger partial charge in [-0.2, -0.15) is 0 Å². The zero-order valence-corrected chi connectivity index (χ0v) is 24.5. The third kappa shape index (κ3) is 5.07. The number of thioether (sulfide) groups is 1. The molecule has 2 aromatic rings. The zero-order valence-electron chi connectivity index (χ0n) is 23.7. The molecule has 7 atom stereocenters. The van der Waals surface area contributed by atoms with Crippen LogP contribution in [0.15, 0.2) is 60.7 Å². The number of hydrogen-bond acceptors (Lipinski definition) is 5. The summed E-state index contributed by atoms with van der Waals surface area (Å²) < 4.78 is -0.695. The monoisotopic (exact) mass is 575 g/mol. The van der Waals surface area contributed by atoms with Crippen LogP contribution in [0.3, 0.4) is 0 Å². The fourth-order valence-corrected chi connectivity index (χ4v) is 10.4. The van der Waals surface area contributed by atoms with E-state index in [1.165, 1.54) is 6.42 Å². The number of rotatable bonds is 9. The molecule has 6 rings (SSSR count). The molecule has 3 aliphatic heterocycles. The van der Waals surface area contributed by atoms with Crippen molar-refractivity contribution < 1.29 is 19.5 Å². The maximum Gasteiger partial charge on any atom is 0.244 e. The van der Waals surface area contributed by atoms with Crippen LogP contribution in [0, 0.1) is 17.8 Å². The minimum Gasteiger partial charge on any atom is -0.394 e. The predicted octanol–water partition coefficient (Wildman–Crippen LogP) is 3.69. The van der Waals surface area contributed by atoms with Crippen molar-refractivity contribution in [2.24, 2.45) is 17.8 Å². The molecular formula is C33H41N3O4S. The largest absolute Gasteiger partial charge is 0.394 e. The van der Waals surface area contributed by atoms with Crippen molar-refractivity contribution in [2.45, 2.75) is 86.5 Å². The Balaban J connectivity index is 1.33. The molecule has 1 aliphatic carbocycles.